The molecule has 1 N–H and O–H groups in total. The van der Waals surface area contributed by atoms with Gasteiger partial charge in [0.25, 0.3) is 0 Å². The van der Waals surface area contributed by atoms with Crippen molar-refractivity contribution in [3.8, 4) is 22.8 Å². The van der Waals surface area contributed by atoms with Gasteiger partial charge in [0.05, 0.1) is 5.69 Å². The van der Waals surface area contributed by atoms with Crippen LogP contribution in [0.5, 0.6) is 5.75 Å². The van der Waals surface area contributed by atoms with E-state index >= 15 is 0 Å². The fourth-order valence-corrected chi connectivity index (χ4v) is 5.62. The number of urea groups is 1. The molecule has 4 aromatic rings. The molecule has 5 rings (SSSR count). The molecule has 228 valence electrons. The monoisotopic (exact) mass is 620 g/mol. The number of amidine groups is 1. The second-order valence-electron chi connectivity index (χ2n) is 10.5. The molecule has 1 aliphatic heterocycles. The van der Waals surface area contributed by atoms with Crippen LogP contribution in [0.25, 0.3) is 22.6 Å². The van der Waals surface area contributed by atoms with Crippen LogP contribution in [0.1, 0.15) is 43.4 Å². The number of rotatable bonds is 7. The maximum Gasteiger partial charge on any atom is 0.573 e. The first-order valence-corrected chi connectivity index (χ1v) is 14.9. The summed E-state index contributed by atoms with van der Waals surface area (Å²) >= 11 is 1.57. The van der Waals surface area contributed by atoms with Gasteiger partial charge in [0.2, 0.25) is 0 Å². The summed E-state index contributed by atoms with van der Waals surface area (Å²) in [4.78, 5) is 23.6. The zero-order valence-corrected chi connectivity index (χ0v) is 25.4. The molecule has 12 heteroatoms. The van der Waals surface area contributed by atoms with Crippen LogP contribution in [0.15, 0.2) is 84.2 Å². The number of amides is 2. The lowest BCUT2D eigenvalue weighted by Crippen LogP contribution is -2.27. The second kappa shape index (κ2) is 13.0. The van der Waals surface area contributed by atoms with E-state index in [2.05, 4.69) is 69.0 Å². The Morgan fingerprint density at radius 2 is 1.82 bits per heavy atom. The predicted octanol–water partition coefficient (Wildman–Crippen LogP) is 7.94. The summed E-state index contributed by atoms with van der Waals surface area (Å²) < 4.78 is 42.6. The number of ether oxygens (including phenoxy) is 1. The molecule has 1 aliphatic rings. The van der Waals surface area contributed by atoms with Crippen LogP contribution in [-0.2, 0) is 0 Å². The number of allylic oxidation sites excluding steroid dienone is 1. The first kappa shape index (κ1) is 30.9. The van der Waals surface area contributed by atoms with E-state index in [-0.39, 0.29) is 5.75 Å². The van der Waals surface area contributed by atoms with Crippen LogP contribution in [-0.4, -0.2) is 44.6 Å². The van der Waals surface area contributed by atoms with E-state index in [1.54, 1.807) is 18.0 Å². The van der Waals surface area contributed by atoms with Crippen molar-refractivity contribution in [2.24, 2.45) is 4.99 Å². The Morgan fingerprint density at radius 3 is 2.50 bits per heavy atom. The molecule has 1 fully saturated rings. The number of nitrogens with zero attached hydrogens (tertiary/aromatic N) is 5. The number of benzene rings is 3. The third-order valence-corrected chi connectivity index (χ3v) is 7.87. The van der Waals surface area contributed by atoms with Gasteiger partial charge in [-0.25, -0.2) is 14.5 Å². The highest BCUT2D eigenvalue weighted by Crippen LogP contribution is 2.33. The van der Waals surface area contributed by atoms with Gasteiger partial charge in [-0.15, -0.1) is 18.3 Å². The minimum Gasteiger partial charge on any atom is -0.406 e. The normalized spacial score (nSPS) is 14.9. The topological polar surface area (TPSA) is 84.6 Å². The molecule has 3 aromatic carbocycles. The molecule has 1 aromatic heterocycles. The zero-order valence-electron chi connectivity index (χ0n) is 24.6. The van der Waals surface area contributed by atoms with Crippen LogP contribution in [0.4, 0.5) is 23.7 Å². The molecule has 0 spiro atoms. The van der Waals surface area contributed by atoms with Crippen LogP contribution in [0.3, 0.4) is 0 Å². The molecule has 0 unspecified atom stereocenters. The van der Waals surface area contributed by atoms with Gasteiger partial charge >= 0.3 is 12.4 Å². The molecule has 0 saturated carbocycles. The molecule has 0 radical (unpaired) electrons. The lowest BCUT2D eigenvalue weighted by molar-refractivity contribution is -0.274. The number of aromatic nitrogens is 3. The van der Waals surface area contributed by atoms with E-state index in [0.29, 0.717) is 22.6 Å². The van der Waals surface area contributed by atoms with Crippen molar-refractivity contribution in [3.63, 3.8) is 0 Å². The summed E-state index contributed by atoms with van der Waals surface area (Å²) in [6, 6.07) is 18.8. The highest BCUT2D eigenvalue weighted by Gasteiger charge is 2.31. The number of aliphatic imine (C=N–C) groups is 1. The maximum absolute atomic E-state index is 12.8. The summed E-state index contributed by atoms with van der Waals surface area (Å²) in [6.45, 7) is 9.06. The van der Waals surface area contributed by atoms with Crippen LogP contribution in [0, 0.1) is 6.92 Å². The quantitative estimate of drug-likeness (QED) is 0.226. The first-order valence-electron chi connectivity index (χ1n) is 13.9. The number of anilines is 1. The van der Waals surface area contributed by atoms with Crippen molar-refractivity contribution >= 4 is 34.2 Å². The van der Waals surface area contributed by atoms with Gasteiger partial charge in [0.15, 0.2) is 11.0 Å². The number of thioether (sulfide) groups is 1. The Hall–Kier alpha value is -4.58. The van der Waals surface area contributed by atoms with Crippen molar-refractivity contribution < 1.29 is 22.7 Å². The fraction of sp³-hybridized carbons (Fsp3) is 0.250. The van der Waals surface area contributed by atoms with Crippen molar-refractivity contribution in [3.05, 3.63) is 95.9 Å². The van der Waals surface area contributed by atoms with E-state index in [9.17, 15) is 18.0 Å². The Labute approximate surface area is 257 Å². The van der Waals surface area contributed by atoms with Gasteiger partial charge in [-0.2, -0.15) is 4.99 Å². The third kappa shape index (κ3) is 7.49. The number of hydrogen-bond acceptors (Lipinski definition) is 5. The van der Waals surface area contributed by atoms with E-state index in [4.69, 9.17) is 0 Å². The maximum atomic E-state index is 12.8. The average Bonchev–Trinajstić information content (AvgIpc) is 3.66. The molecule has 1 saturated heterocycles. The molecule has 2 heterocycles. The van der Waals surface area contributed by atoms with E-state index in [1.165, 1.54) is 40.8 Å². The number of alkyl halides is 3. The highest BCUT2D eigenvalue weighted by molar-refractivity contribution is 8.14. The van der Waals surface area contributed by atoms with Gasteiger partial charge in [-0.3, -0.25) is 0 Å². The smallest absolute Gasteiger partial charge is 0.406 e. The Bertz CT molecular complexity index is 1700. The van der Waals surface area contributed by atoms with Gasteiger partial charge in [0.1, 0.15) is 12.1 Å². The van der Waals surface area contributed by atoms with Gasteiger partial charge < -0.3 is 15.0 Å². The summed E-state index contributed by atoms with van der Waals surface area (Å²) in [7, 11) is 0. The summed E-state index contributed by atoms with van der Waals surface area (Å²) in [6.07, 6.45) is -1.63. The lowest BCUT2D eigenvalue weighted by Gasteiger charge is -2.23. The van der Waals surface area contributed by atoms with E-state index in [0.717, 1.165) is 40.2 Å². The van der Waals surface area contributed by atoms with Crippen LogP contribution >= 0.6 is 11.8 Å². The third-order valence-electron chi connectivity index (χ3n) is 6.91. The van der Waals surface area contributed by atoms with Crippen molar-refractivity contribution in [2.75, 3.05) is 17.2 Å². The number of carbonyl (C=O) groups excluding carboxylic acids is 1. The summed E-state index contributed by atoms with van der Waals surface area (Å²) in [5.74, 6) is 1.34. The second-order valence-corrected chi connectivity index (χ2v) is 11.6. The number of aryl methyl sites for hydroxylation is 1. The molecule has 8 nitrogen and oxygen atoms in total. The zero-order chi connectivity index (χ0) is 31.4. The summed E-state index contributed by atoms with van der Waals surface area (Å²) in [5.41, 5.74) is 6.49. The summed E-state index contributed by atoms with van der Waals surface area (Å²) in [5, 5.41) is 7.90. The average molecular weight is 621 g/mol. The molecule has 44 heavy (non-hydrogen) atoms. The molecule has 0 atom stereocenters. The van der Waals surface area contributed by atoms with Crippen LogP contribution in [0.2, 0.25) is 0 Å². The number of nitrogens with one attached hydrogen (secondary N) is 1. The standard InChI is InChI=1S/C32H31F3N6O2S/c1-20(2)27-14-5-21(3)17-28(27)40-15-16-44-31(40)38-30(42)36-18-22(4)23-6-8-24(9-7-23)29-37-19-41(39-29)25-10-12-26(13-11-25)43-32(33,34)35/h5-14,17-20H,15-16H2,1-4H3,(H,36,42)/b22-18+,38-31-. The first-order chi connectivity index (χ1) is 21.0. The molecular formula is C32H31F3N6O2S. The molecule has 2 amide bonds. The number of hydrogen-bond donors (Lipinski definition) is 1. The van der Waals surface area contributed by atoms with Gasteiger partial charge in [-0.05, 0) is 72.4 Å². The number of halogens is 3. The number of carbonyl (C=O) groups is 1. The van der Waals surface area contributed by atoms with E-state index < -0.39 is 12.4 Å². The Balaban J connectivity index is 1.23. The molecule has 0 bridgehead atoms. The predicted molar refractivity (Wildman–Crippen MR) is 168 cm³/mol. The minimum absolute atomic E-state index is 0.314. The van der Waals surface area contributed by atoms with Gasteiger partial charge in [-0.1, -0.05) is 62.0 Å². The Morgan fingerprint density at radius 1 is 1.09 bits per heavy atom. The largest absolute Gasteiger partial charge is 0.573 e. The van der Waals surface area contributed by atoms with Crippen LogP contribution < -0.4 is 15.0 Å². The van der Waals surface area contributed by atoms with E-state index in [1.807, 2.05) is 31.2 Å². The van der Waals surface area contributed by atoms with Crippen molar-refractivity contribution in [1.29, 1.82) is 0 Å². The van der Waals surface area contributed by atoms with Crippen molar-refractivity contribution in [2.45, 2.75) is 40.0 Å². The SMILES string of the molecule is C/C(=C\NC(=O)/N=C1\SCCN1c1cc(C)ccc1C(C)C)c1ccc(-c2ncn(-c3ccc(OC(F)(F)F)cc3)n2)cc1. The molecule has 0 aliphatic carbocycles. The van der Waals surface area contributed by atoms with Gasteiger partial charge in [0, 0.05) is 29.7 Å². The Kier molecular flexibility index (Phi) is 9.09. The lowest BCUT2D eigenvalue weighted by atomic mass is 9.99. The molecular weight excluding hydrogens is 589 g/mol. The highest BCUT2D eigenvalue weighted by atomic mass is 32.2. The van der Waals surface area contributed by atoms with Crippen molar-refractivity contribution in [1.82, 2.24) is 20.1 Å². The fourth-order valence-electron chi connectivity index (χ4n) is 4.67. The minimum atomic E-state index is -4.75.